The molecule has 0 bridgehead atoms. The van der Waals surface area contributed by atoms with Crippen LogP contribution in [-0.4, -0.2) is 27.5 Å². The van der Waals surface area contributed by atoms with Gasteiger partial charge >= 0.3 is 5.69 Å². The van der Waals surface area contributed by atoms with Crippen LogP contribution in [-0.2, 0) is 13.0 Å². The number of nitro groups is 1. The van der Waals surface area contributed by atoms with Crippen LogP contribution >= 0.6 is 0 Å². The molecule has 7 heteroatoms. The van der Waals surface area contributed by atoms with Gasteiger partial charge in [0.2, 0.25) is 5.82 Å². The smallest absolute Gasteiger partial charge is 0.372 e. The Hall–Kier alpha value is -2.70. The number of hydrogen-bond acceptors (Lipinski definition) is 6. The molecule has 23 heavy (non-hydrogen) atoms. The van der Waals surface area contributed by atoms with Crippen molar-refractivity contribution in [2.45, 2.75) is 32.9 Å². The van der Waals surface area contributed by atoms with E-state index in [0.717, 1.165) is 12.0 Å². The minimum absolute atomic E-state index is 0.0221. The van der Waals surface area contributed by atoms with Gasteiger partial charge in [0.1, 0.15) is 6.33 Å². The number of hydrogen-bond donors (Lipinski definition) is 0. The third-order valence-corrected chi connectivity index (χ3v) is 3.73. The second-order valence-corrected chi connectivity index (χ2v) is 5.72. The third-order valence-electron chi connectivity index (χ3n) is 3.73. The predicted molar refractivity (Wildman–Crippen MR) is 85.6 cm³/mol. The molecule has 0 amide bonds. The number of benzene rings is 1. The van der Waals surface area contributed by atoms with Gasteiger partial charge in [-0.15, -0.1) is 0 Å². The lowest BCUT2D eigenvalue weighted by atomic mass is 10.00. The van der Waals surface area contributed by atoms with Crippen LogP contribution in [0.1, 0.15) is 25.0 Å². The fraction of sp³-hybridized carbons (Fsp3) is 0.375. The summed E-state index contributed by atoms with van der Waals surface area (Å²) in [7, 11) is 0. The van der Waals surface area contributed by atoms with Crippen LogP contribution in [0, 0.1) is 10.1 Å². The first-order chi connectivity index (χ1) is 11.1. The quantitative estimate of drug-likeness (QED) is 0.637. The molecule has 1 aromatic heterocycles. The number of ether oxygens (including phenoxy) is 1. The van der Waals surface area contributed by atoms with Gasteiger partial charge in [-0.2, -0.15) is 4.98 Å². The summed E-state index contributed by atoms with van der Waals surface area (Å²) in [5, 5.41) is 11.5. The first kappa shape index (κ1) is 15.2. The number of rotatable bonds is 4. The average molecular weight is 314 g/mol. The zero-order valence-corrected chi connectivity index (χ0v) is 13.1. The first-order valence-corrected chi connectivity index (χ1v) is 7.54. The summed E-state index contributed by atoms with van der Waals surface area (Å²) in [6.45, 7) is 4.89. The molecule has 7 nitrogen and oxygen atoms in total. The highest BCUT2D eigenvalue weighted by Crippen LogP contribution is 2.36. The second kappa shape index (κ2) is 6.20. The number of aromatic nitrogens is 2. The molecule has 3 rings (SSSR count). The van der Waals surface area contributed by atoms with Crippen LogP contribution in [0.15, 0.2) is 30.6 Å². The summed E-state index contributed by atoms with van der Waals surface area (Å²) in [5.41, 5.74) is 2.28. The Morgan fingerprint density at radius 2 is 2.00 bits per heavy atom. The summed E-state index contributed by atoms with van der Waals surface area (Å²) in [6.07, 6.45) is 1.96. The Kier molecular flexibility index (Phi) is 4.10. The van der Waals surface area contributed by atoms with E-state index >= 15 is 0 Å². The van der Waals surface area contributed by atoms with E-state index in [1.165, 1.54) is 11.9 Å². The number of anilines is 1. The molecule has 2 aromatic rings. The summed E-state index contributed by atoms with van der Waals surface area (Å²) in [6, 6.07) is 8.12. The third kappa shape index (κ3) is 3.08. The van der Waals surface area contributed by atoms with Crippen LogP contribution < -0.4 is 9.64 Å². The summed E-state index contributed by atoms with van der Waals surface area (Å²) in [5.74, 6) is 0.337. The largest absolute Gasteiger partial charge is 0.470 e. The second-order valence-electron chi connectivity index (χ2n) is 5.72. The molecular weight excluding hydrogens is 296 g/mol. The topological polar surface area (TPSA) is 81.4 Å². The van der Waals surface area contributed by atoms with E-state index in [2.05, 4.69) is 16.0 Å². The molecule has 0 N–H and O–H groups in total. The highest BCUT2D eigenvalue weighted by molar-refractivity contribution is 5.63. The molecule has 0 atom stereocenters. The van der Waals surface area contributed by atoms with Crippen LogP contribution in [0.25, 0.3) is 0 Å². The van der Waals surface area contributed by atoms with E-state index in [4.69, 9.17) is 4.74 Å². The van der Waals surface area contributed by atoms with Crippen molar-refractivity contribution >= 4 is 11.5 Å². The molecule has 0 saturated carbocycles. The van der Waals surface area contributed by atoms with Crippen molar-refractivity contribution in [3.63, 3.8) is 0 Å². The molecule has 0 fully saturated rings. The summed E-state index contributed by atoms with van der Waals surface area (Å²) in [4.78, 5) is 21.1. The molecule has 0 radical (unpaired) electrons. The zero-order chi connectivity index (χ0) is 16.4. The molecule has 0 saturated heterocycles. The maximum Gasteiger partial charge on any atom is 0.372 e. The van der Waals surface area contributed by atoms with Gasteiger partial charge in [-0.05, 0) is 31.4 Å². The molecule has 1 aromatic carbocycles. The summed E-state index contributed by atoms with van der Waals surface area (Å²) >= 11 is 0. The van der Waals surface area contributed by atoms with Crippen molar-refractivity contribution in [2.24, 2.45) is 0 Å². The lowest BCUT2D eigenvalue weighted by molar-refractivity contribution is -0.385. The Balaban J connectivity index is 1.98. The van der Waals surface area contributed by atoms with Crippen molar-refractivity contribution in [2.75, 3.05) is 11.4 Å². The summed E-state index contributed by atoms with van der Waals surface area (Å²) < 4.78 is 5.49. The number of nitrogens with zero attached hydrogens (tertiary/aromatic N) is 4. The number of fused-ring (bicyclic) bond motifs is 1. The Bertz CT molecular complexity index is 733. The van der Waals surface area contributed by atoms with Crippen LogP contribution in [0.5, 0.6) is 5.88 Å². The van der Waals surface area contributed by atoms with Gasteiger partial charge in [0.25, 0.3) is 5.88 Å². The van der Waals surface area contributed by atoms with E-state index in [0.29, 0.717) is 18.9 Å². The Labute approximate surface area is 134 Å². The minimum Gasteiger partial charge on any atom is -0.470 e. The minimum atomic E-state index is -0.465. The molecule has 2 heterocycles. The van der Waals surface area contributed by atoms with Crippen molar-refractivity contribution in [3.8, 4) is 5.88 Å². The van der Waals surface area contributed by atoms with Crippen LogP contribution in [0.2, 0.25) is 0 Å². The molecule has 1 aliphatic heterocycles. The molecule has 0 unspecified atom stereocenters. The maximum absolute atomic E-state index is 11.5. The van der Waals surface area contributed by atoms with E-state index in [1.807, 2.05) is 36.9 Å². The SMILES string of the molecule is CC(C)Oc1ncnc(N2CCc3ccccc3C2)c1[N+](=O)[O-]. The predicted octanol–water partition coefficient (Wildman–Crippen LogP) is 2.73. The van der Waals surface area contributed by atoms with Crippen molar-refractivity contribution in [1.29, 1.82) is 0 Å². The monoisotopic (exact) mass is 314 g/mol. The lowest BCUT2D eigenvalue weighted by Gasteiger charge is -2.29. The lowest BCUT2D eigenvalue weighted by Crippen LogP contribution is -2.31. The van der Waals surface area contributed by atoms with Gasteiger partial charge in [0.05, 0.1) is 11.0 Å². The standard InChI is InChI=1S/C16H18N4O3/c1-11(2)23-16-14(20(21)22)15(17-10-18-16)19-8-7-12-5-3-4-6-13(12)9-19/h3-6,10-11H,7-9H2,1-2H3. The van der Waals surface area contributed by atoms with E-state index in [1.54, 1.807) is 0 Å². The molecule has 0 spiro atoms. The van der Waals surface area contributed by atoms with Crippen molar-refractivity contribution in [1.82, 2.24) is 9.97 Å². The highest BCUT2D eigenvalue weighted by atomic mass is 16.6. The fourth-order valence-corrected chi connectivity index (χ4v) is 2.73. The highest BCUT2D eigenvalue weighted by Gasteiger charge is 2.30. The van der Waals surface area contributed by atoms with Gasteiger partial charge < -0.3 is 9.64 Å². The molecule has 1 aliphatic rings. The molecular formula is C16H18N4O3. The fourth-order valence-electron chi connectivity index (χ4n) is 2.73. The van der Waals surface area contributed by atoms with Gasteiger partial charge in [0, 0.05) is 13.1 Å². The van der Waals surface area contributed by atoms with E-state index < -0.39 is 4.92 Å². The average Bonchev–Trinajstić information content (AvgIpc) is 2.53. The maximum atomic E-state index is 11.5. The van der Waals surface area contributed by atoms with Crippen molar-refractivity contribution in [3.05, 3.63) is 51.8 Å². The zero-order valence-electron chi connectivity index (χ0n) is 13.1. The van der Waals surface area contributed by atoms with E-state index in [-0.39, 0.29) is 17.7 Å². The van der Waals surface area contributed by atoms with Crippen molar-refractivity contribution < 1.29 is 9.66 Å². The van der Waals surface area contributed by atoms with Crippen LogP contribution in [0.4, 0.5) is 11.5 Å². The Morgan fingerprint density at radius 1 is 1.26 bits per heavy atom. The normalized spacial score (nSPS) is 13.8. The molecule has 0 aliphatic carbocycles. The van der Waals surface area contributed by atoms with Crippen LogP contribution in [0.3, 0.4) is 0 Å². The van der Waals surface area contributed by atoms with E-state index in [9.17, 15) is 10.1 Å². The van der Waals surface area contributed by atoms with Gasteiger partial charge in [-0.25, -0.2) is 4.98 Å². The van der Waals surface area contributed by atoms with Gasteiger partial charge in [-0.3, -0.25) is 10.1 Å². The first-order valence-electron chi connectivity index (χ1n) is 7.54. The van der Waals surface area contributed by atoms with Gasteiger partial charge in [-0.1, -0.05) is 24.3 Å². The Morgan fingerprint density at radius 3 is 2.70 bits per heavy atom. The van der Waals surface area contributed by atoms with Gasteiger partial charge in [0.15, 0.2) is 0 Å². The molecule has 120 valence electrons.